The molecule has 0 heterocycles. The predicted molar refractivity (Wildman–Crippen MR) is 73.3 cm³/mol. The Kier molecular flexibility index (Phi) is 6.06. The molecule has 1 atom stereocenters. The topological polar surface area (TPSA) is 21.3 Å². The molecule has 1 aromatic rings. The van der Waals surface area contributed by atoms with Gasteiger partial charge in [0.25, 0.3) is 0 Å². The van der Waals surface area contributed by atoms with Crippen LogP contribution in [-0.4, -0.2) is 13.7 Å². The molecular weight excluding hydrogens is 210 g/mol. The maximum Gasteiger partial charge on any atom is 0.123 e. The lowest BCUT2D eigenvalue weighted by atomic mass is 10.00. The Balaban J connectivity index is 2.50. The minimum Gasteiger partial charge on any atom is -0.493 e. The molecule has 2 nitrogen and oxygen atoms in total. The fourth-order valence-electron chi connectivity index (χ4n) is 2.09. The fraction of sp³-hybridized carbons (Fsp3) is 0.600. The summed E-state index contributed by atoms with van der Waals surface area (Å²) in [6, 6.07) is 8.24. The SMILES string of the molecule is CNCc1ccccc1OCC(C)CC(C)C. The largest absolute Gasteiger partial charge is 0.493 e. The molecule has 1 rings (SSSR count). The zero-order valence-corrected chi connectivity index (χ0v) is 11.5. The smallest absolute Gasteiger partial charge is 0.123 e. The standard InChI is InChI=1S/C15H25NO/c1-12(2)9-13(3)11-17-15-8-6-5-7-14(15)10-16-4/h5-8,12-13,16H,9-11H2,1-4H3. The lowest BCUT2D eigenvalue weighted by molar-refractivity contribution is 0.237. The highest BCUT2D eigenvalue weighted by atomic mass is 16.5. The summed E-state index contributed by atoms with van der Waals surface area (Å²) in [6.45, 7) is 8.42. The number of ether oxygens (including phenoxy) is 1. The molecule has 1 N–H and O–H groups in total. The van der Waals surface area contributed by atoms with Crippen molar-refractivity contribution in [1.29, 1.82) is 0 Å². The first-order valence-corrected chi connectivity index (χ1v) is 6.48. The average Bonchev–Trinajstić information content (AvgIpc) is 2.27. The van der Waals surface area contributed by atoms with E-state index in [1.165, 1.54) is 12.0 Å². The van der Waals surface area contributed by atoms with Crippen molar-refractivity contribution < 1.29 is 4.74 Å². The van der Waals surface area contributed by atoms with E-state index in [-0.39, 0.29) is 0 Å². The minimum atomic E-state index is 0.609. The van der Waals surface area contributed by atoms with E-state index in [2.05, 4.69) is 44.3 Å². The number of para-hydroxylation sites is 1. The molecule has 0 aliphatic carbocycles. The molecular formula is C15H25NO. The number of hydrogen-bond acceptors (Lipinski definition) is 2. The van der Waals surface area contributed by atoms with Crippen molar-refractivity contribution in [2.45, 2.75) is 33.7 Å². The molecule has 96 valence electrons. The second kappa shape index (κ2) is 7.33. The van der Waals surface area contributed by atoms with Gasteiger partial charge in [0.15, 0.2) is 0 Å². The van der Waals surface area contributed by atoms with Crippen LogP contribution >= 0.6 is 0 Å². The molecule has 0 aromatic heterocycles. The van der Waals surface area contributed by atoms with Crippen LogP contribution in [0.4, 0.5) is 0 Å². The van der Waals surface area contributed by atoms with Crippen LogP contribution in [0, 0.1) is 11.8 Å². The fourth-order valence-corrected chi connectivity index (χ4v) is 2.09. The Bertz CT molecular complexity index is 322. The van der Waals surface area contributed by atoms with Crippen molar-refractivity contribution in [2.24, 2.45) is 11.8 Å². The van der Waals surface area contributed by atoms with Crippen molar-refractivity contribution in [3.8, 4) is 5.75 Å². The van der Waals surface area contributed by atoms with E-state index in [9.17, 15) is 0 Å². The summed E-state index contributed by atoms with van der Waals surface area (Å²) < 4.78 is 5.91. The van der Waals surface area contributed by atoms with Gasteiger partial charge in [0.05, 0.1) is 6.61 Å². The first-order valence-electron chi connectivity index (χ1n) is 6.48. The molecule has 1 unspecified atom stereocenters. The van der Waals surface area contributed by atoms with E-state index >= 15 is 0 Å². The number of benzene rings is 1. The highest BCUT2D eigenvalue weighted by Crippen LogP contribution is 2.19. The molecule has 0 aliphatic rings. The van der Waals surface area contributed by atoms with E-state index in [4.69, 9.17) is 4.74 Å². The van der Waals surface area contributed by atoms with Crippen LogP contribution in [0.15, 0.2) is 24.3 Å². The van der Waals surface area contributed by atoms with Crippen molar-refractivity contribution in [3.05, 3.63) is 29.8 Å². The lowest BCUT2D eigenvalue weighted by Gasteiger charge is -2.16. The van der Waals surface area contributed by atoms with Gasteiger partial charge >= 0.3 is 0 Å². The molecule has 0 radical (unpaired) electrons. The summed E-state index contributed by atoms with van der Waals surface area (Å²) in [5.41, 5.74) is 1.23. The molecule has 0 aliphatic heterocycles. The van der Waals surface area contributed by atoms with Crippen LogP contribution in [0.3, 0.4) is 0 Å². The van der Waals surface area contributed by atoms with Crippen molar-refractivity contribution >= 4 is 0 Å². The zero-order chi connectivity index (χ0) is 12.7. The van der Waals surface area contributed by atoms with E-state index in [1.807, 2.05) is 13.1 Å². The minimum absolute atomic E-state index is 0.609. The molecule has 2 heteroatoms. The Morgan fingerprint density at radius 2 is 1.88 bits per heavy atom. The number of nitrogens with one attached hydrogen (secondary N) is 1. The third-order valence-electron chi connectivity index (χ3n) is 2.74. The molecule has 17 heavy (non-hydrogen) atoms. The number of hydrogen-bond donors (Lipinski definition) is 1. The normalized spacial score (nSPS) is 12.8. The van der Waals surface area contributed by atoms with Gasteiger partial charge in [-0.25, -0.2) is 0 Å². The van der Waals surface area contributed by atoms with Crippen LogP contribution in [0.25, 0.3) is 0 Å². The van der Waals surface area contributed by atoms with Crippen molar-refractivity contribution in [1.82, 2.24) is 5.32 Å². The number of rotatable bonds is 7. The summed E-state index contributed by atoms with van der Waals surface area (Å²) in [6.07, 6.45) is 1.22. The van der Waals surface area contributed by atoms with E-state index in [0.717, 1.165) is 24.8 Å². The van der Waals surface area contributed by atoms with Gasteiger partial charge in [-0.2, -0.15) is 0 Å². The maximum atomic E-state index is 5.91. The first-order chi connectivity index (χ1) is 8.13. The van der Waals surface area contributed by atoms with E-state index < -0.39 is 0 Å². The third-order valence-corrected chi connectivity index (χ3v) is 2.74. The van der Waals surface area contributed by atoms with Gasteiger partial charge in [0, 0.05) is 12.1 Å². The maximum absolute atomic E-state index is 5.91. The van der Waals surface area contributed by atoms with Gasteiger partial charge in [-0.05, 0) is 31.4 Å². The second-order valence-corrected chi connectivity index (χ2v) is 5.18. The Morgan fingerprint density at radius 1 is 1.18 bits per heavy atom. The van der Waals surface area contributed by atoms with Gasteiger partial charge in [-0.1, -0.05) is 39.0 Å². The van der Waals surface area contributed by atoms with Crippen LogP contribution in [0.1, 0.15) is 32.8 Å². The van der Waals surface area contributed by atoms with Gasteiger partial charge < -0.3 is 10.1 Å². The van der Waals surface area contributed by atoms with E-state index in [1.54, 1.807) is 0 Å². The van der Waals surface area contributed by atoms with Crippen LogP contribution in [0.2, 0.25) is 0 Å². The molecule has 0 fully saturated rings. The lowest BCUT2D eigenvalue weighted by Crippen LogP contribution is -2.13. The zero-order valence-electron chi connectivity index (χ0n) is 11.5. The van der Waals surface area contributed by atoms with Gasteiger partial charge in [-0.15, -0.1) is 0 Å². The first kappa shape index (κ1) is 14.0. The quantitative estimate of drug-likeness (QED) is 0.781. The van der Waals surface area contributed by atoms with Crippen LogP contribution in [0.5, 0.6) is 5.75 Å². The molecule has 0 amide bonds. The van der Waals surface area contributed by atoms with Crippen molar-refractivity contribution in [3.63, 3.8) is 0 Å². The van der Waals surface area contributed by atoms with Crippen molar-refractivity contribution in [2.75, 3.05) is 13.7 Å². The van der Waals surface area contributed by atoms with Crippen LogP contribution in [-0.2, 0) is 6.54 Å². The third kappa shape index (κ3) is 5.22. The van der Waals surface area contributed by atoms with Gasteiger partial charge in [-0.3, -0.25) is 0 Å². The Hall–Kier alpha value is -1.02. The second-order valence-electron chi connectivity index (χ2n) is 5.18. The highest BCUT2D eigenvalue weighted by molar-refractivity contribution is 5.33. The van der Waals surface area contributed by atoms with E-state index in [0.29, 0.717) is 5.92 Å². The molecule has 0 spiro atoms. The summed E-state index contributed by atoms with van der Waals surface area (Å²) in [4.78, 5) is 0. The molecule has 0 saturated carbocycles. The molecule has 0 bridgehead atoms. The summed E-state index contributed by atoms with van der Waals surface area (Å²) in [7, 11) is 1.96. The Morgan fingerprint density at radius 3 is 2.53 bits per heavy atom. The molecule has 1 aromatic carbocycles. The highest BCUT2D eigenvalue weighted by Gasteiger charge is 2.07. The average molecular weight is 235 g/mol. The van der Waals surface area contributed by atoms with Gasteiger partial charge in [0.2, 0.25) is 0 Å². The van der Waals surface area contributed by atoms with Crippen LogP contribution < -0.4 is 10.1 Å². The monoisotopic (exact) mass is 235 g/mol. The summed E-state index contributed by atoms with van der Waals surface area (Å²) in [5, 5.41) is 3.16. The summed E-state index contributed by atoms with van der Waals surface area (Å²) in [5.74, 6) is 2.36. The van der Waals surface area contributed by atoms with Gasteiger partial charge in [0.1, 0.15) is 5.75 Å². The molecule has 0 saturated heterocycles. The Labute approximate surface area is 105 Å². The predicted octanol–water partition coefficient (Wildman–Crippen LogP) is 3.47. The summed E-state index contributed by atoms with van der Waals surface area (Å²) >= 11 is 0.